The van der Waals surface area contributed by atoms with E-state index in [2.05, 4.69) is 15.3 Å². The summed E-state index contributed by atoms with van der Waals surface area (Å²) in [7, 11) is 0. The van der Waals surface area contributed by atoms with Crippen LogP contribution in [-0.2, 0) is 11.3 Å². The minimum Gasteiger partial charge on any atom is -0.343 e. The molecule has 0 spiro atoms. The molecule has 1 aliphatic rings. The van der Waals surface area contributed by atoms with E-state index in [4.69, 9.17) is 0 Å². The summed E-state index contributed by atoms with van der Waals surface area (Å²) in [5.74, 6) is 0.276. The molecule has 3 heterocycles. The molecule has 2 aromatic heterocycles. The van der Waals surface area contributed by atoms with Gasteiger partial charge < -0.3 is 4.90 Å². The Hall–Kier alpha value is -2.24. The average Bonchev–Trinajstić information content (AvgIpc) is 3.10. The minimum atomic E-state index is 0.276. The van der Waals surface area contributed by atoms with Crippen molar-refractivity contribution in [3.05, 3.63) is 30.6 Å². The molecule has 0 bridgehead atoms. The second-order valence-electron chi connectivity index (χ2n) is 4.92. The molecule has 0 aliphatic carbocycles. The van der Waals surface area contributed by atoms with Crippen LogP contribution >= 0.6 is 0 Å². The monoisotopic (exact) mass is 271 g/mol. The van der Waals surface area contributed by atoms with Gasteiger partial charge >= 0.3 is 0 Å². The summed E-state index contributed by atoms with van der Waals surface area (Å²) in [6, 6.07) is 5.72. The van der Waals surface area contributed by atoms with Gasteiger partial charge in [-0.2, -0.15) is 0 Å². The Morgan fingerprint density at radius 3 is 2.90 bits per heavy atom. The Kier molecular flexibility index (Phi) is 3.71. The van der Waals surface area contributed by atoms with Crippen molar-refractivity contribution >= 4 is 5.91 Å². The first kappa shape index (κ1) is 12.8. The fraction of sp³-hybridized carbons (Fsp3) is 0.429. The van der Waals surface area contributed by atoms with E-state index in [0.717, 1.165) is 43.9 Å². The first-order valence-electron chi connectivity index (χ1n) is 6.92. The number of amides is 1. The van der Waals surface area contributed by atoms with E-state index >= 15 is 0 Å². The molecule has 104 valence electrons. The smallest absolute Gasteiger partial charge is 0.222 e. The predicted octanol–water partition coefficient (Wildman–Crippen LogP) is 1.35. The number of hydrogen-bond donors (Lipinski definition) is 0. The molecule has 1 saturated heterocycles. The van der Waals surface area contributed by atoms with Crippen LogP contribution < -0.4 is 0 Å². The van der Waals surface area contributed by atoms with Crippen molar-refractivity contribution in [2.24, 2.45) is 0 Å². The number of aryl methyl sites for hydroxylation is 1. The maximum absolute atomic E-state index is 11.5. The lowest BCUT2D eigenvalue weighted by Gasteiger charge is -2.14. The lowest BCUT2D eigenvalue weighted by molar-refractivity contribution is -0.127. The molecule has 6 heteroatoms. The summed E-state index contributed by atoms with van der Waals surface area (Å²) in [5, 5.41) is 8.22. The van der Waals surface area contributed by atoms with Gasteiger partial charge in [-0.15, -0.1) is 5.10 Å². The van der Waals surface area contributed by atoms with Crippen LogP contribution in [0.1, 0.15) is 19.3 Å². The molecule has 0 aromatic carbocycles. The third kappa shape index (κ3) is 2.84. The topological polar surface area (TPSA) is 63.9 Å². The van der Waals surface area contributed by atoms with Crippen LogP contribution in [0.25, 0.3) is 11.4 Å². The van der Waals surface area contributed by atoms with Crippen molar-refractivity contribution in [3.8, 4) is 11.4 Å². The van der Waals surface area contributed by atoms with Crippen molar-refractivity contribution in [1.29, 1.82) is 0 Å². The van der Waals surface area contributed by atoms with Gasteiger partial charge in [0.25, 0.3) is 0 Å². The number of carbonyl (C=O) groups is 1. The zero-order valence-corrected chi connectivity index (χ0v) is 11.3. The van der Waals surface area contributed by atoms with Gasteiger partial charge in [0.15, 0.2) is 0 Å². The maximum Gasteiger partial charge on any atom is 0.222 e. The van der Waals surface area contributed by atoms with Crippen LogP contribution in [0.2, 0.25) is 0 Å². The summed E-state index contributed by atoms with van der Waals surface area (Å²) in [6.07, 6.45) is 6.23. The summed E-state index contributed by atoms with van der Waals surface area (Å²) in [5.41, 5.74) is 1.61. The van der Waals surface area contributed by atoms with Gasteiger partial charge in [0.05, 0.1) is 11.9 Å². The second kappa shape index (κ2) is 5.81. The van der Waals surface area contributed by atoms with E-state index in [1.54, 1.807) is 6.20 Å². The molecule has 0 unspecified atom stereocenters. The molecule has 3 rings (SSSR count). The third-order valence-electron chi connectivity index (χ3n) is 3.45. The van der Waals surface area contributed by atoms with E-state index in [1.807, 2.05) is 34.0 Å². The molecule has 2 aromatic rings. The Balaban J connectivity index is 1.54. The standard InChI is InChI=1S/C14H17N5O/c20-14-6-3-8-18(14)9-4-10-19-11-13(16-17-19)12-5-1-2-7-15-12/h1-2,5,7,11H,3-4,6,8-10H2. The Bertz CT molecular complexity index is 580. The quantitative estimate of drug-likeness (QED) is 0.823. The van der Waals surface area contributed by atoms with Gasteiger partial charge in [-0.3, -0.25) is 14.5 Å². The molecule has 0 saturated carbocycles. The van der Waals surface area contributed by atoms with Crippen LogP contribution in [0.4, 0.5) is 0 Å². The van der Waals surface area contributed by atoms with Gasteiger partial charge in [-0.25, -0.2) is 0 Å². The lowest BCUT2D eigenvalue weighted by atomic mass is 10.3. The van der Waals surface area contributed by atoms with Gasteiger partial charge in [0.2, 0.25) is 5.91 Å². The molecule has 0 N–H and O–H groups in total. The van der Waals surface area contributed by atoms with Gasteiger partial charge in [-0.05, 0) is 25.0 Å². The first-order chi connectivity index (χ1) is 9.83. The molecule has 6 nitrogen and oxygen atoms in total. The fourth-order valence-corrected chi connectivity index (χ4v) is 2.40. The molecule has 0 radical (unpaired) electrons. The number of aromatic nitrogens is 4. The second-order valence-corrected chi connectivity index (χ2v) is 4.92. The van der Waals surface area contributed by atoms with Gasteiger partial charge in [-0.1, -0.05) is 11.3 Å². The SMILES string of the molecule is O=C1CCCN1CCCn1cc(-c2ccccn2)nn1. The summed E-state index contributed by atoms with van der Waals surface area (Å²) in [6.45, 7) is 2.47. The Morgan fingerprint density at radius 1 is 1.20 bits per heavy atom. The molecule has 0 atom stereocenters. The Morgan fingerprint density at radius 2 is 2.15 bits per heavy atom. The molecule has 1 amide bonds. The highest BCUT2D eigenvalue weighted by Crippen LogP contribution is 2.13. The number of rotatable bonds is 5. The lowest BCUT2D eigenvalue weighted by Crippen LogP contribution is -2.26. The minimum absolute atomic E-state index is 0.276. The molecular formula is C14H17N5O. The molecule has 1 fully saturated rings. The van der Waals surface area contributed by atoms with Crippen LogP contribution in [0.15, 0.2) is 30.6 Å². The Labute approximate surface area is 117 Å². The summed E-state index contributed by atoms with van der Waals surface area (Å²) >= 11 is 0. The highest BCUT2D eigenvalue weighted by atomic mass is 16.2. The number of likely N-dealkylation sites (tertiary alicyclic amines) is 1. The fourth-order valence-electron chi connectivity index (χ4n) is 2.40. The van der Waals surface area contributed by atoms with E-state index in [9.17, 15) is 4.79 Å². The number of hydrogen-bond acceptors (Lipinski definition) is 4. The van der Waals surface area contributed by atoms with Crippen LogP contribution in [0, 0.1) is 0 Å². The average molecular weight is 271 g/mol. The first-order valence-corrected chi connectivity index (χ1v) is 6.92. The molecule has 20 heavy (non-hydrogen) atoms. The highest BCUT2D eigenvalue weighted by molar-refractivity contribution is 5.77. The summed E-state index contributed by atoms with van der Waals surface area (Å²) < 4.78 is 1.81. The zero-order chi connectivity index (χ0) is 13.8. The molecular weight excluding hydrogens is 254 g/mol. The van der Waals surface area contributed by atoms with Crippen LogP contribution in [0.3, 0.4) is 0 Å². The van der Waals surface area contributed by atoms with Crippen LogP contribution in [-0.4, -0.2) is 43.9 Å². The number of nitrogens with zero attached hydrogens (tertiary/aromatic N) is 5. The van der Waals surface area contributed by atoms with E-state index in [-0.39, 0.29) is 5.91 Å². The van der Waals surface area contributed by atoms with Crippen molar-refractivity contribution in [3.63, 3.8) is 0 Å². The van der Waals surface area contributed by atoms with Crippen LogP contribution in [0.5, 0.6) is 0 Å². The van der Waals surface area contributed by atoms with E-state index < -0.39 is 0 Å². The largest absolute Gasteiger partial charge is 0.343 e. The number of carbonyl (C=O) groups excluding carboxylic acids is 1. The predicted molar refractivity (Wildman–Crippen MR) is 73.7 cm³/mol. The van der Waals surface area contributed by atoms with Crippen molar-refractivity contribution < 1.29 is 4.79 Å². The van der Waals surface area contributed by atoms with Crippen molar-refractivity contribution in [2.75, 3.05) is 13.1 Å². The van der Waals surface area contributed by atoms with E-state index in [1.165, 1.54) is 0 Å². The zero-order valence-electron chi connectivity index (χ0n) is 11.3. The maximum atomic E-state index is 11.5. The van der Waals surface area contributed by atoms with E-state index in [0.29, 0.717) is 6.42 Å². The third-order valence-corrected chi connectivity index (χ3v) is 3.45. The van der Waals surface area contributed by atoms with Gasteiger partial charge in [0.1, 0.15) is 5.69 Å². The number of pyridine rings is 1. The molecule has 1 aliphatic heterocycles. The van der Waals surface area contributed by atoms with Crippen molar-refractivity contribution in [2.45, 2.75) is 25.8 Å². The summed E-state index contributed by atoms with van der Waals surface area (Å²) in [4.78, 5) is 17.7. The van der Waals surface area contributed by atoms with Crippen molar-refractivity contribution in [1.82, 2.24) is 24.9 Å². The highest BCUT2D eigenvalue weighted by Gasteiger charge is 2.19. The van der Waals surface area contributed by atoms with Gasteiger partial charge in [0, 0.05) is 32.3 Å². The normalized spacial score (nSPS) is 15.0.